The molecule has 0 radical (unpaired) electrons. The summed E-state index contributed by atoms with van der Waals surface area (Å²) in [7, 11) is 1.44. The van der Waals surface area contributed by atoms with Crippen molar-refractivity contribution in [3.8, 4) is 5.75 Å². The van der Waals surface area contributed by atoms with Crippen LogP contribution < -0.4 is 4.74 Å². The molecule has 0 heterocycles. The Kier molecular flexibility index (Phi) is 5.31. The molecule has 3 nitrogen and oxygen atoms in total. The lowest BCUT2D eigenvalue weighted by Crippen LogP contribution is -1.98. The second kappa shape index (κ2) is 6.28. The summed E-state index contributed by atoms with van der Waals surface area (Å²) in [5.74, 6) is 0.444. The van der Waals surface area contributed by atoms with Crippen LogP contribution in [0.25, 0.3) is 0 Å². The molecule has 0 bridgehead atoms. The van der Waals surface area contributed by atoms with Gasteiger partial charge in [-0.25, -0.2) is 8.42 Å². The number of halogens is 2. The van der Waals surface area contributed by atoms with Crippen molar-refractivity contribution >= 4 is 31.3 Å². The van der Waals surface area contributed by atoms with E-state index < -0.39 is 9.05 Å². The Labute approximate surface area is 110 Å². The van der Waals surface area contributed by atoms with Gasteiger partial charge in [0.2, 0.25) is 0 Å². The first kappa shape index (κ1) is 14.4. The molecule has 0 aliphatic carbocycles. The van der Waals surface area contributed by atoms with Crippen molar-refractivity contribution in [2.45, 2.75) is 17.7 Å². The molecule has 0 aromatic heterocycles. The number of hydrogen-bond acceptors (Lipinski definition) is 3. The SMILES string of the molecule is C=CCCCOc1ccc(S(=O)(=O)Cl)cc1Cl. The van der Waals surface area contributed by atoms with Crippen LogP contribution in [0.5, 0.6) is 5.75 Å². The first-order valence-corrected chi connectivity index (χ1v) is 7.62. The molecule has 1 aromatic carbocycles. The molecule has 0 spiro atoms. The molecule has 0 fully saturated rings. The molecule has 0 aliphatic heterocycles. The zero-order chi connectivity index (χ0) is 12.9. The van der Waals surface area contributed by atoms with Crippen LogP contribution >= 0.6 is 22.3 Å². The van der Waals surface area contributed by atoms with Crippen molar-refractivity contribution in [3.05, 3.63) is 35.9 Å². The van der Waals surface area contributed by atoms with Gasteiger partial charge in [-0.15, -0.1) is 6.58 Å². The van der Waals surface area contributed by atoms with Crippen LogP contribution in [0.2, 0.25) is 5.02 Å². The summed E-state index contributed by atoms with van der Waals surface area (Å²) in [6, 6.07) is 4.12. The van der Waals surface area contributed by atoms with Gasteiger partial charge in [-0.1, -0.05) is 17.7 Å². The Bertz CT molecular complexity index is 497. The summed E-state index contributed by atoms with van der Waals surface area (Å²) in [4.78, 5) is -0.0393. The Hall–Kier alpha value is -0.710. The summed E-state index contributed by atoms with van der Waals surface area (Å²) in [5, 5.41) is 0.227. The molecule has 0 amide bonds. The normalized spacial score (nSPS) is 11.2. The maximum atomic E-state index is 11.1. The molecule has 1 aromatic rings. The van der Waals surface area contributed by atoms with E-state index in [1.165, 1.54) is 18.2 Å². The van der Waals surface area contributed by atoms with Crippen LogP contribution in [-0.2, 0) is 9.05 Å². The molecule has 94 valence electrons. The third-order valence-corrected chi connectivity index (χ3v) is 3.64. The minimum Gasteiger partial charge on any atom is -0.492 e. The number of rotatable bonds is 6. The highest BCUT2D eigenvalue weighted by Gasteiger charge is 2.12. The highest BCUT2D eigenvalue weighted by Crippen LogP contribution is 2.28. The van der Waals surface area contributed by atoms with Gasteiger partial charge in [0.15, 0.2) is 0 Å². The largest absolute Gasteiger partial charge is 0.492 e. The molecule has 0 atom stereocenters. The molecule has 0 aliphatic rings. The number of unbranched alkanes of at least 4 members (excludes halogenated alkanes) is 1. The van der Waals surface area contributed by atoms with Gasteiger partial charge in [0.05, 0.1) is 16.5 Å². The lowest BCUT2D eigenvalue weighted by atomic mass is 10.3. The highest BCUT2D eigenvalue weighted by atomic mass is 35.7. The van der Waals surface area contributed by atoms with Crippen molar-refractivity contribution in [1.82, 2.24) is 0 Å². The summed E-state index contributed by atoms with van der Waals surface area (Å²) < 4.78 is 27.5. The predicted octanol–water partition coefficient (Wildman–Crippen LogP) is 3.61. The van der Waals surface area contributed by atoms with Gasteiger partial charge in [0.25, 0.3) is 9.05 Å². The smallest absolute Gasteiger partial charge is 0.261 e. The molecule has 0 saturated heterocycles. The van der Waals surface area contributed by atoms with E-state index in [-0.39, 0.29) is 9.92 Å². The van der Waals surface area contributed by atoms with Crippen molar-refractivity contribution in [1.29, 1.82) is 0 Å². The lowest BCUT2D eigenvalue weighted by Gasteiger charge is -2.07. The van der Waals surface area contributed by atoms with E-state index in [1.54, 1.807) is 6.08 Å². The topological polar surface area (TPSA) is 43.4 Å². The molecule has 0 N–H and O–H groups in total. The predicted molar refractivity (Wildman–Crippen MR) is 69.4 cm³/mol. The third kappa shape index (κ3) is 4.58. The van der Waals surface area contributed by atoms with Crippen molar-refractivity contribution in [2.24, 2.45) is 0 Å². The Balaban J connectivity index is 2.73. The van der Waals surface area contributed by atoms with Gasteiger partial charge in [0.1, 0.15) is 5.75 Å². The Morgan fingerprint density at radius 1 is 1.41 bits per heavy atom. The van der Waals surface area contributed by atoms with Crippen LogP contribution in [0.15, 0.2) is 35.7 Å². The second-order valence-corrected chi connectivity index (χ2v) is 6.28. The van der Waals surface area contributed by atoms with Crippen LogP contribution in [0.1, 0.15) is 12.8 Å². The van der Waals surface area contributed by atoms with Gasteiger partial charge >= 0.3 is 0 Å². The highest BCUT2D eigenvalue weighted by molar-refractivity contribution is 8.13. The van der Waals surface area contributed by atoms with E-state index in [9.17, 15) is 8.42 Å². The fourth-order valence-electron chi connectivity index (χ4n) is 1.16. The van der Waals surface area contributed by atoms with Crippen molar-refractivity contribution in [3.63, 3.8) is 0 Å². The number of allylic oxidation sites excluding steroid dienone is 1. The van der Waals surface area contributed by atoms with E-state index >= 15 is 0 Å². The van der Waals surface area contributed by atoms with Crippen molar-refractivity contribution < 1.29 is 13.2 Å². The molecule has 6 heteroatoms. The Morgan fingerprint density at radius 2 is 2.12 bits per heavy atom. The molecule has 17 heavy (non-hydrogen) atoms. The minimum atomic E-state index is -3.75. The van der Waals surface area contributed by atoms with E-state index in [0.29, 0.717) is 12.4 Å². The first-order valence-electron chi connectivity index (χ1n) is 4.93. The third-order valence-electron chi connectivity index (χ3n) is 2.00. The van der Waals surface area contributed by atoms with Gasteiger partial charge in [-0.05, 0) is 31.0 Å². The molecule has 1 rings (SSSR count). The lowest BCUT2D eigenvalue weighted by molar-refractivity contribution is 0.312. The second-order valence-electron chi connectivity index (χ2n) is 3.31. The summed E-state index contributed by atoms with van der Waals surface area (Å²) in [5.41, 5.74) is 0. The molecular formula is C11H12Cl2O3S. The van der Waals surface area contributed by atoms with E-state index in [0.717, 1.165) is 12.8 Å². The van der Waals surface area contributed by atoms with Crippen molar-refractivity contribution in [2.75, 3.05) is 6.61 Å². The molecule has 0 saturated carbocycles. The fraction of sp³-hybridized carbons (Fsp3) is 0.273. The van der Waals surface area contributed by atoms with E-state index in [4.69, 9.17) is 27.0 Å². The number of ether oxygens (including phenoxy) is 1. The van der Waals surface area contributed by atoms with E-state index in [1.807, 2.05) is 0 Å². The summed E-state index contributed by atoms with van der Waals surface area (Å²) >= 11 is 5.88. The maximum absolute atomic E-state index is 11.1. The van der Waals surface area contributed by atoms with Gasteiger partial charge in [0, 0.05) is 10.7 Å². The average Bonchev–Trinajstić information content (AvgIpc) is 2.24. The monoisotopic (exact) mass is 294 g/mol. The summed E-state index contributed by atoms with van der Waals surface area (Å²) in [6.45, 7) is 4.10. The fourth-order valence-corrected chi connectivity index (χ4v) is 2.24. The Morgan fingerprint density at radius 3 is 2.65 bits per heavy atom. The summed E-state index contributed by atoms with van der Waals surface area (Å²) in [6.07, 6.45) is 3.48. The quantitative estimate of drug-likeness (QED) is 0.457. The zero-order valence-corrected chi connectivity index (χ0v) is 11.4. The number of hydrogen-bond donors (Lipinski definition) is 0. The molecular weight excluding hydrogens is 283 g/mol. The van der Waals surface area contributed by atoms with Gasteiger partial charge < -0.3 is 4.74 Å². The first-order chi connectivity index (χ1) is 7.95. The van der Waals surface area contributed by atoms with Crippen LogP contribution in [0.3, 0.4) is 0 Å². The average molecular weight is 295 g/mol. The van der Waals surface area contributed by atoms with Gasteiger partial charge in [-0.2, -0.15) is 0 Å². The van der Waals surface area contributed by atoms with Crippen LogP contribution in [0, 0.1) is 0 Å². The molecule has 0 unspecified atom stereocenters. The van der Waals surface area contributed by atoms with Gasteiger partial charge in [-0.3, -0.25) is 0 Å². The maximum Gasteiger partial charge on any atom is 0.261 e. The zero-order valence-electron chi connectivity index (χ0n) is 9.03. The van der Waals surface area contributed by atoms with E-state index in [2.05, 4.69) is 6.58 Å². The minimum absolute atomic E-state index is 0.0393. The number of benzene rings is 1. The van der Waals surface area contributed by atoms with Crippen LogP contribution in [-0.4, -0.2) is 15.0 Å². The standard InChI is InChI=1S/C11H12Cl2O3S/c1-2-3-4-7-16-11-6-5-9(8-10(11)12)17(13,14)15/h2,5-6,8H,1,3-4,7H2. The van der Waals surface area contributed by atoms with Crippen LogP contribution in [0.4, 0.5) is 0 Å².